The predicted molar refractivity (Wildman–Crippen MR) is 134 cm³/mol. The molecule has 0 heterocycles. The first-order chi connectivity index (χ1) is 15.8. The Hall–Kier alpha value is -2.12. The van der Waals surface area contributed by atoms with Gasteiger partial charge in [-0.15, -0.1) is 0 Å². The number of benzene rings is 2. The second-order valence-electron chi connectivity index (χ2n) is 8.43. The first-order valence-corrected chi connectivity index (χ1v) is 11.9. The van der Waals surface area contributed by atoms with Crippen molar-refractivity contribution >= 4 is 35.1 Å². The third-order valence-corrected chi connectivity index (χ3v) is 6.25. The van der Waals surface area contributed by atoms with E-state index in [-0.39, 0.29) is 11.8 Å². The van der Waals surface area contributed by atoms with Crippen molar-refractivity contribution in [3.05, 3.63) is 69.7 Å². The van der Waals surface area contributed by atoms with E-state index in [0.717, 1.165) is 0 Å². The molecule has 4 unspecified atom stereocenters. The summed E-state index contributed by atoms with van der Waals surface area (Å²) in [4.78, 5) is 24.4. The molecular weight excluding hydrogens is 479 g/mol. The van der Waals surface area contributed by atoms with Gasteiger partial charge in [0.1, 0.15) is 12.2 Å². The molecule has 2 aromatic carbocycles. The Labute approximate surface area is 211 Å². The summed E-state index contributed by atoms with van der Waals surface area (Å²) in [7, 11) is 0. The fourth-order valence-electron chi connectivity index (χ4n) is 2.65. The average molecular weight is 513 g/mol. The van der Waals surface area contributed by atoms with E-state index in [1.165, 1.54) is 0 Å². The Bertz CT molecular complexity index is 823. The van der Waals surface area contributed by atoms with Crippen LogP contribution in [0.5, 0.6) is 0 Å². The number of rotatable bonds is 8. The van der Waals surface area contributed by atoms with E-state index >= 15 is 0 Å². The first kappa shape index (κ1) is 29.9. The zero-order valence-electron chi connectivity index (χ0n) is 20.4. The van der Waals surface area contributed by atoms with Crippen LogP contribution in [0.15, 0.2) is 48.5 Å². The molecule has 0 amide bonds. The van der Waals surface area contributed by atoms with Crippen LogP contribution in [0.25, 0.3) is 0 Å². The third kappa shape index (κ3) is 10.0. The number of hydrogen-bond donors (Lipinski definition) is 2. The van der Waals surface area contributed by atoms with Crippen molar-refractivity contribution in [1.29, 1.82) is 0 Å². The molecule has 0 aliphatic rings. The average Bonchev–Trinajstić information content (AvgIpc) is 2.78. The number of aliphatic hydroxyl groups is 2. The molecule has 2 aromatic rings. The van der Waals surface area contributed by atoms with Crippen molar-refractivity contribution in [3.8, 4) is 0 Å². The summed E-state index contributed by atoms with van der Waals surface area (Å²) in [6, 6.07) is 12.9. The summed E-state index contributed by atoms with van der Waals surface area (Å²) in [5, 5.41) is 18.8. The van der Waals surface area contributed by atoms with Crippen LogP contribution < -0.4 is 0 Å². The van der Waals surface area contributed by atoms with E-state index < -0.39 is 36.4 Å². The van der Waals surface area contributed by atoms with Crippen molar-refractivity contribution in [2.24, 2.45) is 11.8 Å². The number of carbonyl (C=O) groups is 2. The molecular formula is C26H34Cl2O6. The minimum atomic E-state index is -0.447. The number of halogens is 2. The van der Waals surface area contributed by atoms with Crippen LogP contribution in [0.4, 0.5) is 0 Å². The second-order valence-corrected chi connectivity index (χ2v) is 9.31. The zero-order chi connectivity index (χ0) is 26.0. The summed E-state index contributed by atoms with van der Waals surface area (Å²) >= 11 is 11.6. The Morgan fingerprint density at radius 1 is 0.618 bits per heavy atom. The van der Waals surface area contributed by atoms with E-state index in [2.05, 4.69) is 0 Å². The summed E-state index contributed by atoms with van der Waals surface area (Å²) < 4.78 is 10.9. The van der Waals surface area contributed by atoms with Crippen molar-refractivity contribution in [1.82, 2.24) is 0 Å². The molecule has 0 saturated carbocycles. The molecule has 8 heteroatoms. The van der Waals surface area contributed by atoms with E-state index in [4.69, 9.17) is 42.9 Å². The lowest BCUT2D eigenvalue weighted by molar-refractivity contribution is -0.0175. The second kappa shape index (κ2) is 14.3. The van der Waals surface area contributed by atoms with Gasteiger partial charge in [0.15, 0.2) is 0 Å². The Kier molecular flexibility index (Phi) is 12.6. The Morgan fingerprint density at radius 2 is 0.912 bits per heavy atom. The lowest BCUT2D eigenvalue weighted by Crippen LogP contribution is -2.32. The molecule has 188 valence electrons. The summed E-state index contributed by atoms with van der Waals surface area (Å²) in [5.74, 6) is -1.10. The molecule has 0 aliphatic heterocycles. The minimum absolute atomic E-state index is 0.0185. The lowest BCUT2D eigenvalue weighted by atomic mass is 10.00. The number of esters is 2. The van der Waals surface area contributed by atoms with Crippen LogP contribution in [0, 0.1) is 11.8 Å². The van der Waals surface area contributed by atoms with Gasteiger partial charge in [-0.2, -0.15) is 0 Å². The topological polar surface area (TPSA) is 93.1 Å². The van der Waals surface area contributed by atoms with E-state index in [9.17, 15) is 9.59 Å². The van der Waals surface area contributed by atoms with Gasteiger partial charge < -0.3 is 19.7 Å². The molecule has 0 radical (unpaired) electrons. The molecule has 0 spiro atoms. The Morgan fingerprint density at radius 3 is 1.15 bits per heavy atom. The highest BCUT2D eigenvalue weighted by Gasteiger charge is 2.26. The number of aliphatic hydroxyl groups excluding tert-OH is 2. The molecule has 0 aromatic heterocycles. The molecule has 2 N–H and O–H groups in total. The molecule has 34 heavy (non-hydrogen) atoms. The van der Waals surface area contributed by atoms with Gasteiger partial charge in [0.2, 0.25) is 0 Å². The van der Waals surface area contributed by atoms with Crippen molar-refractivity contribution < 1.29 is 29.3 Å². The number of ether oxygens (including phenoxy) is 2. The quantitative estimate of drug-likeness (QED) is 0.433. The van der Waals surface area contributed by atoms with E-state index in [0.29, 0.717) is 21.2 Å². The van der Waals surface area contributed by atoms with Gasteiger partial charge in [0, 0.05) is 21.9 Å². The summed E-state index contributed by atoms with van der Waals surface area (Å²) in [6.45, 7) is 10.6. The van der Waals surface area contributed by atoms with Gasteiger partial charge in [0.05, 0.1) is 23.3 Å². The number of carbonyl (C=O) groups excluding carboxylic acids is 2. The number of hydrogen-bond acceptors (Lipinski definition) is 6. The van der Waals surface area contributed by atoms with Crippen LogP contribution in [0.2, 0.25) is 10.0 Å². The minimum Gasteiger partial charge on any atom is -0.459 e. The maximum Gasteiger partial charge on any atom is 0.338 e. The van der Waals surface area contributed by atoms with Crippen molar-refractivity contribution in [2.75, 3.05) is 0 Å². The van der Waals surface area contributed by atoms with Gasteiger partial charge in [-0.05, 0) is 76.2 Å². The van der Waals surface area contributed by atoms with Gasteiger partial charge >= 0.3 is 11.9 Å². The van der Waals surface area contributed by atoms with Gasteiger partial charge in [-0.1, -0.05) is 37.0 Å². The largest absolute Gasteiger partial charge is 0.459 e. The molecule has 4 atom stereocenters. The Balaban J connectivity index is 0.000000620. The molecule has 0 bridgehead atoms. The maximum atomic E-state index is 12.2. The van der Waals surface area contributed by atoms with Crippen molar-refractivity contribution in [3.63, 3.8) is 0 Å². The zero-order valence-corrected chi connectivity index (χ0v) is 21.9. The van der Waals surface area contributed by atoms with E-state index in [1.807, 2.05) is 13.8 Å². The van der Waals surface area contributed by atoms with Crippen LogP contribution >= 0.6 is 23.2 Å². The monoisotopic (exact) mass is 512 g/mol. The molecule has 0 aliphatic carbocycles. The summed E-state index contributed by atoms with van der Waals surface area (Å²) in [6.07, 6.45) is -1.69. The standard InChI is InChI=1S/C20H20Cl2O4.C6H14O2/c1-12(13(2)25-19(23)15-4-8-17(21)9-5-15)14(3)26-20(24)16-6-10-18(22)11-7-16;1-4(5(2)7)6(3)8/h4-14H,1-3H3;4-8H,1-3H3. The lowest BCUT2D eigenvalue weighted by Gasteiger charge is -2.26. The SMILES string of the molecule is CC(O)C(C)C(C)O.CC(OC(=O)c1ccc(Cl)cc1)C(C)C(C)OC(=O)c1ccc(Cl)cc1. The third-order valence-electron chi connectivity index (χ3n) is 5.75. The summed E-state index contributed by atoms with van der Waals surface area (Å²) in [5.41, 5.74) is 0.832. The highest BCUT2D eigenvalue weighted by Crippen LogP contribution is 2.19. The smallest absolute Gasteiger partial charge is 0.338 e. The van der Waals surface area contributed by atoms with Gasteiger partial charge in [-0.25, -0.2) is 9.59 Å². The molecule has 0 fully saturated rings. The van der Waals surface area contributed by atoms with Crippen LogP contribution in [-0.2, 0) is 9.47 Å². The van der Waals surface area contributed by atoms with Crippen LogP contribution in [0.1, 0.15) is 62.3 Å². The predicted octanol–water partition coefficient (Wildman–Crippen LogP) is 5.80. The molecule has 6 nitrogen and oxygen atoms in total. The van der Waals surface area contributed by atoms with Crippen LogP contribution in [0.3, 0.4) is 0 Å². The van der Waals surface area contributed by atoms with Gasteiger partial charge in [-0.3, -0.25) is 0 Å². The molecule has 2 rings (SSSR count). The maximum absolute atomic E-state index is 12.2. The van der Waals surface area contributed by atoms with Gasteiger partial charge in [0.25, 0.3) is 0 Å². The van der Waals surface area contributed by atoms with Crippen LogP contribution in [-0.4, -0.2) is 46.6 Å². The normalized spacial score (nSPS) is 16.1. The van der Waals surface area contributed by atoms with E-state index in [1.54, 1.807) is 76.2 Å². The van der Waals surface area contributed by atoms with Crippen molar-refractivity contribution in [2.45, 2.75) is 66.0 Å². The fourth-order valence-corrected chi connectivity index (χ4v) is 2.90. The fraction of sp³-hybridized carbons (Fsp3) is 0.462. The first-order valence-electron chi connectivity index (χ1n) is 11.1. The highest BCUT2D eigenvalue weighted by molar-refractivity contribution is 6.30. The molecule has 0 saturated heterocycles. The highest BCUT2D eigenvalue weighted by atomic mass is 35.5.